The largest absolute Gasteiger partial charge is 0.506 e. The van der Waals surface area contributed by atoms with Crippen molar-refractivity contribution in [2.75, 3.05) is 26.3 Å². The second-order valence-electron chi connectivity index (χ2n) is 13.9. The average Bonchev–Trinajstić information content (AvgIpc) is 3.71. The Kier molecular flexibility index (Phi) is 18.2. The number of aromatic hydroxyl groups is 4. The molecule has 6 aromatic rings. The van der Waals surface area contributed by atoms with E-state index in [1.165, 1.54) is 39.7 Å². The maximum absolute atomic E-state index is 12.6. The number of ether oxygens (including phenoxy) is 1. The summed E-state index contributed by atoms with van der Waals surface area (Å²) in [5.41, 5.74) is 2.12. The molecule has 23 heteroatoms. The van der Waals surface area contributed by atoms with Crippen molar-refractivity contribution in [2.45, 2.75) is 56.4 Å². The van der Waals surface area contributed by atoms with E-state index >= 15 is 0 Å². The Morgan fingerprint density at radius 1 is 0.625 bits per heavy atom. The monoisotopic (exact) mass is 963 g/mol. The van der Waals surface area contributed by atoms with E-state index in [1.54, 1.807) is 50.2 Å². The van der Waals surface area contributed by atoms with E-state index in [0.717, 1.165) is 6.07 Å². The number of aliphatic hydroxyl groups is 1. The van der Waals surface area contributed by atoms with Gasteiger partial charge in [0.1, 0.15) is 22.9 Å². The second-order valence-corrected chi connectivity index (χ2v) is 17.4. The van der Waals surface area contributed by atoms with Gasteiger partial charge in [0.25, 0.3) is 0 Å². The Morgan fingerprint density at radius 3 is 1.42 bits per heavy atom. The molecule has 0 aliphatic rings. The summed E-state index contributed by atoms with van der Waals surface area (Å²) in [6.07, 6.45) is 0.870. The van der Waals surface area contributed by atoms with Crippen LogP contribution in [0, 0.1) is 13.8 Å². The second kappa shape index (κ2) is 23.0. The van der Waals surface area contributed by atoms with Gasteiger partial charge >= 0.3 is 0 Å². The molecule has 6 rings (SSSR count). The molecule has 1 radical (unpaired) electrons. The van der Waals surface area contributed by atoms with Crippen LogP contribution in [0.25, 0.3) is 11.4 Å². The zero-order valence-corrected chi connectivity index (χ0v) is 37.7. The molecule has 0 spiro atoms. The number of hydrogen-bond donors (Lipinski definition) is 7. The number of hydrogen-bond acceptors (Lipinski definition) is 16. The quantitative estimate of drug-likeness (QED) is 0.0347. The van der Waals surface area contributed by atoms with Gasteiger partial charge in [-0.3, -0.25) is 0 Å². The molecule has 64 heavy (non-hydrogen) atoms. The van der Waals surface area contributed by atoms with E-state index in [4.69, 9.17) is 9.84 Å². The molecule has 0 saturated heterocycles. The summed E-state index contributed by atoms with van der Waals surface area (Å²) in [5.74, 6) is -0.997. The molecular weight excluding hydrogens is 916 g/mol. The molecule has 0 atom stereocenters. The molecule has 0 saturated carbocycles. The SMILES string of the molecule is Cc1nn(-c2ccccc2)c(O)c1N=Nc1cc(S(=O)(=O)NCCCO)ccc1O.Cc1nn(-c2ccccc2)c(O)c1N=Nc1cc(S(=O)(=O)NCCCOC(C)C)ccc1O.[Co]. The molecule has 0 fully saturated rings. The zero-order valence-electron chi connectivity index (χ0n) is 35.1. The standard InChI is InChI=1S/C22H27N5O5S.C19H21N5O5S.Co/c1-15(2)32-13-7-12-23-33(30,31)18-10-11-20(28)19(14-18)24-25-21-16(3)26-27(22(21)29)17-8-5-4-6-9-17;1-13-18(19(27)24(23-13)14-6-3-2-4-7-14)22-21-16-12-15(8-9-17(16)26)30(28,29)20-10-5-11-25;/h4-6,8-11,14-15,23,28-29H,7,12-13H2,1-3H3;2-4,6-9,12,20,25-27H,5,10-11H2,1H3;. The van der Waals surface area contributed by atoms with Gasteiger partial charge in [0.05, 0.1) is 38.7 Å². The van der Waals surface area contributed by atoms with Gasteiger partial charge in [-0.1, -0.05) is 36.4 Å². The number of nitrogens with zero attached hydrogens (tertiary/aromatic N) is 8. The van der Waals surface area contributed by atoms with Crippen molar-refractivity contribution in [1.82, 2.24) is 29.0 Å². The van der Waals surface area contributed by atoms with Gasteiger partial charge in [0.15, 0.2) is 11.4 Å². The van der Waals surface area contributed by atoms with Crippen LogP contribution in [0.1, 0.15) is 38.1 Å². The molecule has 2 aromatic heterocycles. The van der Waals surface area contributed by atoms with Gasteiger partial charge in [0, 0.05) is 43.1 Å². The molecule has 2 heterocycles. The molecule has 343 valence electrons. The summed E-state index contributed by atoms with van der Waals surface area (Å²) in [5, 5.41) is 74.3. The summed E-state index contributed by atoms with van der Waals surface area (Å²) >= 11 is 0. The molecule has 0 aliphatic heterocycles. The van der Waals surface area contributed by atoms with Crippen LogP contribution in [-0.2, 0) is 41.6 Å². The number of phenolic OH excluding ortho intramolecular Hbond substituents is 2. The average molecular weight is 964 g/mol. The predicted octanol–water partition coefficient (Wildman–Crippen LogP) is 6.77. The molecule has 0 aliphatic carbocycles. The molecule has 0 amide bonds. The Labute approximate surface area is 380 Å². The Hall–Kier alpha value is -6.05. The Bertz CT molecular complexity index is 2770. The molecule has 0 bridgehead atoms. The fraction of sp³-hybridized carbons (Fsp3) is 0.268. The molecule has 7 N–H and O–H groups in total. The van der Waals surface area contributed by atoms with Gasteiger partial charge < -0.3 is 30.3 Å². The summed E-state index contributed by atoms with van der Waals surface area (Å²) in [4.78, 5) is -0.187. The van der Waals surface area contributed by atoms with Crippen molar-refractivity contribution in [3.05, 3.63) is 108 Å². The first-order chi connectivity index (χ1) is 30.0. The first-order valence-corrected chi connectivity index (χ1v) is 22.4. The minimum atomic E-state index is -3.84. The Balaban J connectivity index is 0.000000277. The van der Waals surface area contributed by atoms with Crippen LogP contribution in [0.3, 0.4) is 0 Å². The van der Waals surface area contributed by atoms with Crippen molar-refractivity contribution < 1.29 is 63.9 Å². The fourth-order valence-electron chi connectivity index (χ4n) is 5.50. The van der Waals surface area contributed by atoms with Crippen molar-refractivity contribution in [1.29, 1.82) is 0 Å². The summed E-state index contributed by atoms with van der Waals surface area (Å²) in [6.45, 7) is 7.68. The number of para-hydroxylation sites is 2. The van der Waals surface area contributed by atoms with Crippen molar-refractivity contribution in [3.8, 4) is 34.6 Å². The van der Waals surface area contributed by atoms with Crippen LogP contribution in [0.15, 0.2) is 127 Å². The van der Waals surface area contributed by atoms with Crippen LogP contribution >= 0.6 is 0 Å². The van der Waals surface area contributed by atoms with Crippen molar-refractivity contribution in [2.24, 2.45) is 20.5 Å². The molecule has 20 nitrogen and oxygen atoms in total. The minimum Gasteiger partial charge on any atom is -0.506 e. The number of nitrogens with one attached hydrogen (secondary N) is 2. The van der Waals surface area contributed by atoms with E-state index in [9.17, 15) is 37.3 Å². The third kappa shape index (κ3) is 13.2. The van der Waals surface area contributed by atoms with Crippen LogP contribution in [0.2, 0.25) is 0 Å². The normalized spacial score (nSPS) is 11.8. The van der Waals surface area contributed by atoms with Crippen molar-refractivity contribution in [3.63, 3.8) is 0 Å². The third-order valence-corrected chi connectivity index (χ3v) is 11.7. The van der Waals surface area contributed by atoms with E-state index in [2.05, 4.69) is 40.1 Å². The van der Waals surface area contributed by atoms with Crippen LogP contribution in [0.4, 0.5) is 22.7 Å². The van der Waals surface area contributed by atoms with E-state index < -0.39 is 20.0 Å². The van der Waals surface area contributed by atoms with Gasteiger partial charge in [-0.2, -0.15) is 19.6 Å². The smallest absolute Gasteiger partial charge is 0.243 e. The Morgan fingerprint density at radius 2 is 1.03 bits per heavy atom. The third-order valence-electron chi connectivity index (χ3n) is 8.73. The topological polar surface area (TPSA) is 288 Å². The fourth-order valence-corrected chi connectivity index (χ4v) is 7.69. The number of azo groups is 2. The first kappa shape index (κ1) is 50.6. The van der Waals surface area contributed by atoms with Gasteiger partial charge in [-0.05, 0) is 101 Å². The number of rotatable bonds is 18. The number of sulfonamides is 2. The number of aliphatic hydroxyl groups excluding tert-OH is 1. The number of aromatic nitrogens is 4. The zero-order chi connectivity index (χ0) is 45.7. The predicted molar refractivity (Wildman–Crippen MR) is 232 cm³/mol. The van der Waals surface area contributed by atoms with Crippen molar-refractivity contribution >= 4 is 42.8 Å². The van der Waals surface area contributed by atoms with E-state index in [1.807, 2.05) is 38.1 Å². The van der Waals surface area contributed by atoms with E-state index in [-0.39, 0.29) is 105 Å². The van der Waals surface area contributed by atoms with E-state index in [0.29, 0.717) is 35.8 Å². The number of phenols is 2. The minimum absolute atomic E-state index is 0. The molecule has 4 aromatic carbocycles. The van der Waals surface area contributed by atoms with Gasteiger partial charge in [-0.25, -0.2) is 26.3 Å². The first-order valence-electron chi connectivity index (χ1n) is 19.4. The number of aryl methyl sites for hydroxylation is 2. The number of benzene rings is 4. The summed E-state index contributed by atoms with van der Waals surface area (Å²) < 4.78 is 62.6. The summed E-state index contributed by atoms with van der Waals surface area (Å²) in [6, 6.07) is 25.2. The molecular formula is C41H48CoN10O10S2. The maximum atomic E-state index is 12.6. The van der Waals surface area contributed by atoms with Crippen LogP contribution < -0.4 is 9.44 Å². The van der Waals surface area contributed by atoms with Crippen LogP contribution in [0.5, 0.6) is 23.3 Å². The summed E-state index contributed by atoms with van der Waals surface area (Å²) in [7, 11) is -7.66. The van der Waals surface area contributed by atoms with Crippen LogP contribution in [-0.4, -0.2) is 94.3 Å². The van der Waals surface area contributed by atoms with Gasteiger partial charge in [0.2, 0.25) is 31.8 Å². The molecule has 0 unspecified atom stereocenters. The maximum Gasteiger partial charge on any atom is 0.243 e. The van der Waals surface area contributed by atoms with Gasteiger partial charge in [-0.15, -0.1) is 20.5 Å².